The number of aryl methyl sites for hydroxylation is 1. The molecule has 0 spiro atoms. The average molecular weight is 313 g/mol. The van der Waals surface area contributed by atoms with E-state index in [4.69, 9.17) is 5.11 Å². The van der Waals surface area contributed by atoms with Crippen molar-refractivity contribution < 1.29 is 18.3 Å². The fourth-order valence-electron chi connectivity index (χ4n) is 2.21. The summed E-state index contributed by atoms with van der Waals surface area (Å²) in [5.41, 5.74) is 1.28. The van der Waals surface area contributed by atoms with Crippen molar-refractivity contribution in [1.82, 2.24) is 4.31 Å². The molecule has 6 heteroatoms. The molecule has 21 heavy (non-hydrogen) atoms. The van der Waals surface area contributed by atoms with Gasteiger partial charge in [0.2, 0.25) is 10.0 Å². The lowest BCUT2D eigenvalue weighted by Crippen LogP contribution is -2.33. The van der Waals surface area contributed by atoms with E-state index in [1.807, 2.05) is 13.8 Å². The predicted octanol–water partition coefficient (Wildman–Crippen LogP) is 2.81. The lowest BCUT2D eigenvalue weighted by atomic mass is 10.1. The molecule has 0 saturated carbocycles. The topological polar surface area (TPSA) is 74.7 Å². The van der Waals surface area contributed by atoms with E-state index in [0.717, 1.165) is 12.8 Å². The Morgan fingerprint density at radius 3 is 2.10 bits per heavy atom. The Labute approximate surface area is 126 Å². The standard InChI is InChI=1S/C15H23NO4S/c1-5-7-16(8-6-2)21(19,20)14-10-13(15(17)18)9-11(3)12(14)4/h9-10H,5-8H2,1-4H3,(H,17,18). The van der Waals surface area contributed by atoms with Crippen molar-refractivity contribution in [3.8, 4) is 0 Å². The van der Waals surface area contributed by atoms with Crippen molar-refractivity contribution in [2.45, 2.75) is 45.4 Å². The number of carboxylic acid groups (broad SMARTS) is 1. The lowest BCUT2D eigenvalue weighted by molar-refractivity contribution is 0.0696. The van der Waals surface area contributed by atoms with Crippen LogP contribution in [0.1, 0.15) is 48.2 Å². The molecule has 0 heterocycles. The Balaban J connectivity index is 3.45. The molecular weight excluding hydrogens is 290 g/mol. The van der Waals surface area contributed by atoms with E-state index >= 15 is 0 Å². The SMILES string of the molecule is CCCN(CCC)S(=O)(=O)c1cc(C(=O)O)cc(C)c1C. The molecule has 0 radical (unpaired) electrons. The van der Waals surface area contributed by atoms with Gasteiger partial charge in [-0.15, -0.1) is 0 Å². The van der Waals surface area contributed by atoms with Crippen LogP contribution in [0.5, 0.6) is 0 Å². The summed E-state index contributed by atoms with van der Waals surface area (Å²) in [6.45, 7) is 8.15. The molecule has 118 valence electrons. The first-order chi connectivity index (χ1) is 9.75. The Kier molecular flexibility index (Phi) is 5.92. The van der Waals surface area contributed by atoms with Crippen LogP contribution in [-0.2, 0) is 10.0 Å². The first-order valence-corrected chi connectivity index (χ1v) is 8.54. The second-order valence-corrected chi connectivity index (χ2v) is 7.03. The van der Waals surface area contributed by atoms with Crippen LogP contribution in [-0.4, -0.2) is 36.9 Å². The van der Waals surface area contributed by atoms with E-state index in [0.29, 0.717) is 24.2 Å². The number of rotatable bonds is 7. The summed E-state index contributed by atoms with van der Waals surface area (Å²) in [6.07, 6.45) is 1.44. The minimum Gasteiger partial charge on any atom is -0.478 e. The summed E-state index contributed by atoms with van der Waals surface area (Å²) in [6, 6.07) is 2.76. The quantitative estimate of drug-likeness (QED) is 0.840. The van der Waals surface area contributed by atoms with Crippen LogP contribution in [0.25, 0.3) is 0 Å². The zero-order valence-corrected chi connectivity index (χ0v) is 13.8. The van der Waals surface area contributed by atoms with Crippen LogP contribution in [0.2, 0.25) is 0 Å². The maximum Gasteiger partial charge on any atom is 0.335 e. The van der Waals surface area contributed by atoms with Gasteiger partial charge in [0.05, 0.1) is 10.5 Å². The lowest BCUT2D eigenvalue weighted by Gasteiger charge is -2.23. The minimum atomic E-state index is -3.66. The van der Waals surface area contributed by atoms with Gasteiger partial charge in [0, 0.05) is 13.1 Å². The Morgan fingerprint density at radius 1 is 1.14 bits per heavy atom. The van der Waals surface area contributed by atoms with Crippen molar-refractivity contribution >= 4 is 16.0 Å². The van der Waals surface area contributed by atoms with Crippen LogP contribution in [0.15, 0.2) is 17.0 Å². The predicted molar refractivity (Wildman–Crippen MR) is 82.2 cm³/mol. The van der Waals surface area contributed by atoms with Gasteiger partial charge in [-0.25, -0.2) is 13.2 Å². The molecule has 1 aromatic rings. The van der Waals surface area contributed by atoms with Crippen molar-refractivity contribution in [3.05, 3.63) is 28.8 Å². The Morgan fingerprint density at radius 2 is 1.67 bits per heavy atom. The highest BCUT2D eigenvalue weighted by atomic mass is 32.2. The van der Waals surface area contributed by atoms with E-state index < -0.39 is 16.0 Å². The van der Waals surface area contributed by atoms with Crippen LogP contribution >= 0.6 is 0 Å². The summed E-state index contributed by atoms with van der Waals surface area (Å²) < 4.78 is 27.0. The summed E-state index contributed by atoms with van der Waals surface area (Å²) in [5.74, 6) is -1.12. The van der Waals surface area contributed by atoms with Crippen molar-refractivity contribution in [1.29, 1.82) is 0 Å². The van der Waals surface area contributed by atoms with Crippen molar-refractivity contribution in [2.75, 3.05) is 13.1 Å². The highest BCUT2D eigenvalue weighted by Crippen LogP contribution is 2.25. The average Bonchev–Trinajstić information content (AvgIpc) is 2.40. The molecule has 0 atom stereocenters. The van der Waals surface area contributed by atoms with Gasteiger partial charge < -0.3 is 5.11 Å². The molecule has 1 aromatic carbocycles. The van der Waals surface area contributed by atoms with Crippen molar-refractivity contribution in [3.63, 3.8) is 0 Å². The highest BCUT2D eigenvalue weighted by molar-refractivity contribution is 7.89. The van der Waals surface area contributed by atoms with Crippen LogP contribution in [0.4, 0.5) is 0 Å². The van der Waals surface area contributed by atoms with Gasteiger partial charge >= 0.3 is 5.97 Å². The zero-order valence-electron chi connectivity index (χ0n) is 13.0. The normalized spacial score (nSPS) is 11.9. The van der Waals surface area contributed by atoms with Gasteiger partial charge in [-0.1, -0.05) is 13.8 Å². The first-order valence-electron chi connectivity index (χ1n) is 7.10. The zero-order chi connectivity index (χ0) is 16.2. The number of aromatic carboxylic acids is 1. The summed E-state index contributed by atoms with van der Waals surface area (Å²) >= 11 is 0. The summed E-state index contributed by atoms with van der Waals surface area (Å²) in [7, 11) is -3.66. The van der Waals surface area contributed by atoms with E-state index in [2.05, 4.69) is 0 Å². The van der Waals surface area contributed by atoms with Gasteiger partial charge in [-0.05, 0) is 49.9 Å². The van der Waals surface area contributed by atoms with E-state index in [-0.39, 0.29) is 10.5 Å². The second-order valence-electron chi connectivity index (χ2n) is 5.13. The van der Waals surface area contributed by atoms with Gasteiger partial charge in [0.15, 0.2) is 0 Å². The molecule has 0 aliphatic rings. The van der Waals surface area contributed by atoms with E-state index in [1.54, 1.807) is 13.8 Å². The van der Waals surface area contributed by atoms with Gasteiger partial charge in [-0.2, -0.15) is 4.31 Å². The molecular formula is C15H23NO4S. The van der Waals surface area contributed by atoms with Gasteiger partial charge in [-0.3, -0.25) is 0 Å². The Bertz CT molecular complexity index is 617. The Hall–Kier alpha value is -1.40. The molecule has 1 rings (SSSR count). The largest absolute Gasteiger partial charge is 0.478 e. The molecule has 0 fully saturated rings. The maximum absolute atomic E-state index is 12.8. The first kappa shape index (κ1) is 17.7. The molecule has 0 amide bonds. The number of carbonyl (C=O) groups is 1. The van der Waals surface area contributed by atoms with Gasteiger partial charge in [0.25, 0.3) is 0 Å². The van der Waals surface area contributed by atoms with Crippen LogP contribution < -0.4 is 0 Å². The number of sulfonamides is 1. The third-order valence-corrected chi connectivity index (χ3v) is 5.46. The molecule has 0 aromatic heterocycles. The van der Waals surface area contributed by atoms with Crippen LogP contribution in [0, 0.1) is 13.8 Å². The van der Waals surface area contributed by atoms with Crippen LogP contribution in [0.3, 0.4) is 0 Å². The highest BCUT2D eigenvalue weighted by Gasteiger charge is 2.26. The molecule has 1 N–H and O–H groups in total. The number of hydrogen-bond donors (Lipinski definition) is 1. The minimum absolute atomic E-state index is 0.00428. The molecule has 5 nitrogen and oxygen atoms in total. The molecule has 0 saturated heterocycles. The fourth-order valence-corrected chi connectivity index (χ4v) is 4.16. The van der Waals surface area contributed by atoms with Crippen molar-refractivity contribution in [2.24, 2.45) is 0 Å². The second kappa shape index (κ2) is 7.04. The number of benzene rings is 1. The maximum atomic E-state index is 12.8. The fraction of sp³-hybridized carbons (Fsp3) is 0.533. The molecule has 0 bridgehead atoms. The number of nitrogens with zero attached hydrogens (tertiary/aromatic N) is 1. The molecule has 0 aliphatic heterocycles. The monoisotopic (exact) mass is 313 g/mol. The third-order valence-electron chi connectivity index (χ3n) is 3.43. The third kappa shape index (κ3) is 3.83. The van der Waals surface area contributed by atoms with E-state index in [9.17, 15) is 13.2 Å². The summed E-state index contributed by atoms with van der Waals surface area (Å²) in [4.78, 5) is 11.3. The molecule has 0 unspecified atom stereocenters. The smallest absolute Gasteiger partial charge is 0.335 e. The number of carboxylic acids is 1. The van der Waals surface area contributed by atoms with Gasteiger partial charge in [0.1, 0.15) is 0 Å². The summed E-state index contributed by atoms with van der Waals surface area (Å²) in [5, 5.41) is 9.13. The van der Waals surface area contributed by atoms with E-state index in [1.165, 1.54) is 16.4 Å². The number of hydrogen-bond acceptors (Lipinski definition) is 3. The molecule has 0 aliphatic carbocycles.